The van der Waals surface area contributed by atoms with Gasteiger partial charge >= 0.3 is 0 Å². The molecule has 0 radical (unpaired) electrons. The molecule has 12 heavy (non-hydrogen) atoms. The quantitative estimate of drug-likeness (QED) is 0.632. The molecule has 0 bridgehead atoms. The first-order valence-electron chi connectivity index (χ1n) is 6.68. The molecule has 0 fully saturated rings. The van der Waals surface area contributed by atoms with Crippen LogP contribution in [0.3, 0.4) is 0 Å². The summed E-state index contributed by atoms with van der Waals surface area (Å²) in [6, 6.07) is 4.82. The summed E-state index contributed by atoms with van der Waals surface area (Å²) < 4.78 is 38.3. The normalized spacial score (nSPS) is 19.2. The maximum atomic E-state index is 7.98. The summed E-state index contributed by atoms with van der Waals surface area (Å²) in [5.74, 6) is -0.199. The largest absolute Gasteiger partial charge is 0.0625 e. The Morgan fingerprint density at radius 1 is 1.42 bits per heavy atom. The predicted molar refractivity (Wildman–Crippen MR) is 54.5 cm³/mol. The van der Waals surface area contributed by atoms with Crippen LogP contribution in [0.4, 0.5) is 0 Å². The Hall–Kier alpha value is -0.780. The third kappa shape index (κ3) is 2.37. The average molecular weight is 167 g/mol. The molecule has 0 atom stereocenters. The van der Waals surface area contributed by atoms with Crippen molar-refractivity contribution in [2.24, 2.45) is 5.92 Å². The van der Waals surface area contributed by atoms with Crippen LogP contribution in [0.5, 0.6) is 0 Å². The van der Waals surface area contributed by atoms with Crippen LogP contribution in [-0.4, -0.2) is 0 Å². The van der Waals surface area contributed by atoms with E-state index in [0.29, 0.717) is 11.1 Å². The summed E-state index contributed by atoms with van der Waals surface area (Å²) in [7, 11) is 0. The van der Waals surface area contributed by atoms with Crippen LogP contribution >= 0.6 is 0 Å². The van der Waals surface area contributed by atoms with E-state index >= 15 is 0 Å². The average Bonchev–Trinajstić information content (AvgIpc) is 2.15. The number of hydrogen-bond acceptors (Lipinski definition) is 0. The molecule has 0 amide bonds. The molecule has 0 aliphatic rings. The molecule has 0 unspecified atom stereocenters. The van der Waals surface area contributed by atoms with Gasteiger partial charge in [-0.25, -0.2) is 0 Å². The second kappa shape index (κ2) is 3.75. The Kier molecular flexibility index (Phi) is 1.39. The van der Waals surface area contributed by atoms with Crippen molar-refractivity contribution in [1.82, 2.24) is 0 Å². The summed E-state index contributed by atoms with van der Waals surface area (Å²) in [5, 5.41) is 0. The first-order valence-corrected chi connectivity index (χ1v) is 4.18. The molecule has 0 heteroatoms. The molecule has 1 aromatic carbocycles. The van der Waals surface area contributed by atoms with E-state index in [9.17, 15) is 0 Å². The van der Waals surface area contributed by atoms with E-state index in [1.807, 2.05) is 0 Å². The summed E-state index contributed by atoms with van der Waals surface area (Å²) in [5.41, 5.74) is 1.34. The van der Waals surface area contributed by atoms with Crippen molar-refractivity contribution in [2.75, 3.05) is 0 Å². The fourth-order valence-electron chi connectivity index (χ4n) is 1.05. The van der Waals surface area contributed by atoms with Gasteiger partial charge in [0.05, 0.1) is 0 Å². The zero-order chi connectivity index (χ0) is 13.4. The fraction of sp³-hybridized carbons (Fsp3) is 0.500. The van der Waals surface area contributed by atoms with Crippen molar-refractivity contribution in [3.05, 3.63) is 34.9 Å². The summed E-state index contributed by atoms with van der Waals surface area (Å²) in [6.45, 7) is 3.12. The van der Waals surface area contributed by atoms with Crippen molar-refractivity contribution in [3.8, 4) is 0 Å². The topological polar surface area (TPSA) is 0 Å². The van der Waals surface area contributed by atoms with Gasteiger partial charge in [0, 0.05) is 6.85 Å². The lowest BCUT2D eigenvalue weighted by molar-refractivity contribution is 0.647. The second-order valence-electron chi connectivity index (χ2n) is 3.33. The fourth-order valence-corrected chi connectivity index (χ4v) is 1.05. The molecule has 0 nitrogen and oxygen atoms in total. The van der Waals surface area contributed by atoms with Gasteiger partial charge in [-0.05, 0) is 42.8 Å². The Balaban J connectivity index is 3.32. The maximum absolute atomic E-state index is 7.98. The van der Waals surface area contributed by atoms with E-state index in [4.69, 9.17) is 6.85 Å². The lowest BCUT2D eigenvalue weighted by Gasteiger charge is -2.07. The van der Waals surface area contributed by atoms with Crippen molar-refractivity contribution in [1.29, 1.82) is 0 Å². The lowest BCUT2D eigenvalue weighted by atomic mass is 9.99. The predicted octanol–water partition coefficient (Wildman–Crippen LogP) is 3.50. The van der Waals surface area contributed by atoms with E-state index in [1.165, 1.54) is 6.07 Å². The van der Waals surface area contributed by atoms with E-state index in [2.05, 4.69) is 0 Å². The van der Waals surface area contributed by atoms with E-state index in [1.54, 1.807) is 32.9 Å². The smallest absolute Gasteiger partial charge is 0.0319 e. The van der Waals surface area contributed by atoms with Crippen LogP contribution < -0.4 is 0 Å². The highest BCUT2D eigenvalue weighted by atomic mass is 14.0. The number of benzene rings is 1. The van der Waals surface area contributed by atoms with Gasteiger partial charge in [-0.3, -0.25) is 0 Å². The minimum atomic E-state index is -2.19. The molecule has 0 N–H and O–H groups in total. The standard InChI is InChI=1S/C12H18/c1-9(2)7-12-6-5-10(3)11(4)8-12/h5-6,8-9H,7H2,1-4H3/i4D3,7D2. The minimum absolute atomic E-state index is 0.199. The number of aryl methyl sites for hydroxylation is 2. The minimum Gasteiger partial charge on any atom is -0.0625 e. The van der Waals surface area contributed by atoms with Gasteiger partial charge in [0.1, 0.15) is 0 Å². The van der Waals surface area contributed by atoms with E-state index in [-0.39, 0.29) is 11.5 Å². The van der Waals surface area contributed by atoms with Crippen LogP contribution in [0.15, 0.2) is 18.2 Å². The van der Waals surface area contributed by atoms with Crippen LogP contribution in [0.1, 0.15) is 37.4 Å². The first-order chi connectivity index (χ1) is 7.56. The van der Waals surface area contributed by atoms with Gasteiger partial charge in [-0.15, -0.1) is 0 Å². The van der Waals surface area contributed by atoms with Gasteiger partial charge in [-0.1, -0.05) is 32.0 Å². The Labute approximate surface area is 82.6 Å². The molecule has 0 spiro atoms. The molecule has 1 rings (SSSR count). The van der Waals surface area contributed by atoms with Crippen LogP contribution in [0.2, 0.25) is 0 Å². The van der Waals surface area contributed by atoms with Crippen molar-refractivity contribution in [3.63, 3.8) is 0 Å². The van der Waals surface area contributed by atoms with Crippen LogP contribution in [0.25, 0.3) is 0 Å². The van der Waals surface area contributed by atoms with Crippen molar-refractivity contribution in [2.45, 2.75) is 34.0 Å². The van der Waals surface area contributed by atoms with Crippen LogP contribution in [0, 0.1) is 19.7 Å². The molecule has 0 aromatic heterocycles. The molecule has 66 valence electrons. The molecular weight excluding hydrogens is 144 g/mol. The highest BCUT2D eigenvalue weighted by molar-refractivity contribution is 5.29. The Bertz CT molecular complexity index is 404. The van der Waals surface area contributed by atoms with E-state index in [0.717, 1.165) is 0 Å². The molecule has 0 saturated heterocycles. The zero-order valence-corrected chi connectivity index (χ0v) is 7.81. The Morgan fingerprint density at radius 2 is 2.17 bits per heavy atom. The van der Waals surface area contributed by atoms with Gasteiger partial charge in [-0.2, -0.15) is 0 Å². The highest BCUT2D eigenvalue weighted by Gasteiger charge is 1.98. The third-order valence-corrected chi connectivity index (χ3v) is 1.69. The molecule has 0 saturated carbocycles. The van der Waals surface area contributed by atoms with Gasteiger partial charge in [0.2, 0.25) is 0 Å². The van der Waals surface area contributed by atoms with Gasteiger partial charge in [0.15, 0.2) is 0 Å². The van der Waals surface area contributed by atoms with Crippen LogP contribution in [-0.2, 0) is 6.37 Å². The maximum Gasteiger partial charge on any atom is 0.0319 e. The Morgan fingerprint density at radius 3 is 2.75 bits per heavy atom. The lowest BCUT2D eigenvalue weighted by Crippen LogP contribution is -1.94. The van der Waals surface area contributed by atoms with Gasteiger partial charge in [0.25, 0.3) is 0 Å². The summed E-state index contributed by atoms with van der Waals surface area (Å²) in [4.78, 5) is 0. The zero-order valence-electron chi connectivity index (χ0n) is 12.8. The number of rotatable bonds is 2. The molecule has 0 aliphatic carbocycles. The first kappa shape index (κ1) is 4.45. The van der Waals surface area contributed by atoms with Crippen molar-refractivity contribution >= 4 is 0 Å². The third-order valence-electron chi connectivity index (χ3n) is 1.69. The molecule has 1 aromatic rings. The highest BCUT2D eigenvalue weighted by Crippen LogP contribution is 2.13. The molecular formula is C12H18. The van der Waals surface area contributed by atoms with E-state index < -0.39 is 13.2 Å². The molecule has 0 aliphatic heterocycles. The summed E-state index contributed by atoms with van der Waals surface area (Å²) in [6.07, 6.45) is -1.51. The summed E-state index contributed by atoms with van der Waals surface area (Å²) >= 11 is 0. The number of hydrogen-bond donors (Lipinski definition) is 0. The van der Waals surface area contributed by atoms with Gasteiger partial charge < -0.3 is 0 Å². The monoisotopic (exact) mass is 167 g/mol. The van der Waals surface area contributed by atoms with Crippen molar-refractivity contribution < 1.29 is 6.85 Å². The second-order valence-corrected chi connectivity index (χ2v) is 3.33. The molecule has 0 heterocycles. The SMILES string of the molecule is [2H]C([2H])([2H])c1cc(C([2H])([2H])C(C)C)ccc1C.